The lowest BCUT2D eigenvalue weighted by Gasteiger charge is -2.10. The molecule has 0 aliphatic heterocycles. The van der Waals surface area contributed by atoms with Gasteiger partial charge in [-0.1, -0.05) is 42.5 Å². The van der Waals surface area contributed by atoms with Crippen molar-refractivity contribution < 1.29 is 0 Å². The molecule has 0 aliphatic carbocycles. The summed E-state index contributed by atoms with van der Waals surface area (Å²) >= 11 is 0. The Bertz CT molecular complexity index is 1780. The largest absolute Gasteiger partial charge is 0.316 e. The van der Waals surface area contributed by atoms with E-state index in [1.54, 1.807) is 12.4 Å². The second kappa shape index (κ2) is 7.39. The van der Waals surface area contributed by atoms with E-state index >= 15 is 0 Å². The molecule has 34 heavy (non-hydrogen) atoms. The van der Waals surface area contributed by atoms with Crippen molar-refractivity contribution in [3.63, 3.8) is 0 Å². The Labute approximate surface area is 195 Å². The summed E-state index contributed by atoms with van der Waals surface area (Å²) in [7, 11) is 0. The molecule has 5 heteroatoms. The summed E-state index contributed by atoms with van der Waals surface area (Å²) in [6.07, 6.45) is 9.47. The van der Waals surface area contributed by atoms with Gasteiger partial charge in [0.1, 0.15) is 0 Å². The van der Waals surface area contributed by atoms with Gasteiger partial charge in [0, 0.05) is 46.0 Å². The van der Waals surface area contributed by atoms with Crippen LogP contribution in [-0.2, 0) is 0 Å². The summed E-state index contributed by atoms with van der Waals surface area (Å²) in [6, 6.07) is 29.4. The molecule has 0 saturated heterocycles. The third kappa shape index (κ3) is 2.77. The number of hydrogen-bond acceptors (Lipinski definition) is 3. The molecule has 0 aliphatic rings. The first-order chi connectivity index (χ1) is 16.9. The second-order valence-electron chi connectivity index (χ2n) is 8.27. The Balaban J connectivity index is 1.51. The van der Waals surface area contributed by atoms with Crippen LogP contribution in [0, 0.1) is 0 Å². The van der Waals surface area contributed by atoms with Crippen molar-refractivity contribution in [2.24, 2.45) is 0 Å². The van der Waals surface area contributed by atoms with Gasteiger partial charge in [0.15, 0.2) is 5.82 Å². The zero-order valence-electron chi connectivity index (χ0n) is 18.2. The van der Waals surface area contributed by atoms with Gasteiger partial charge in [-0.15, -0.1) is 0 Å². The number of rotatable bonds is 3. The van der Waals surface area contributed by atoms with Crippen molar-refractivity contribution in [2.45, 2.75) is 0 Å². The summed E-state index contributed by atoms with van der Waals surface area (Å²) in [6.45, 7) is 0. The van der Waals surface area contributed by atoms with Crippen molar-refractivity contribution in [2.75, 3.05) is 0 Å². The number of para-hydroxylation sites is 2. The molecule has 7 aromatic rings. The van der Waals surface area contributed by atoms with E-state index in [9.17, 15) is 0 Å². The van der Waals surface area contributed by atoms with Crippen LogP contribution in [0.15, 0.2) is 116 Å². The van der Waals surface area contributed by atoms with Crippen LogP contribution >= 0.6 is 0 Å². The zero-order chi connectivity index (χ0) is 22.5. The van der Waals surface area contributed by atoms with Crippen molar-refractivity contribution in [3.8, 4) is 22.8 Å². The molecule has 0 N–H and O–H groups in total. The van der Waals surface area contributed by atoms with Gasteiger partial charge in [-0.05, 0) is 42.5 Å². The maximum Gasteiger partial charge on any atom is 0.160 e. The summed E-state index contributed by atoms with van der Waals surface area (Å²) < 4.78 is 4.51. The smallest absolute Gasteiger partial charge is 0.160 e. The molecule has 0 fully saturated rings. The molecule has 0 amide bonds. The number of nitrogens with zero attached hydrogens (tertiary/aromatic N) is 5. The van der Waals surface area contributed by atoms with E-state index in [1.165, 1.54) is 16.2 Å². The highest BCUT2D eigenvalue weighted by atomic mass is 15.0. The summed E-state index contributed by atoms with van der Waals surface area (Å²) in [5.74, 6) is 0.665. The standard InChI is InChI=1S/C29H19N5/c1-2-8-21(9-3-1)33-16-14-25-26(33)13-12-24-23-10-4-5-11-27(23)34(28(24)25)22-18-31-29(32-19-22)20-7-6-15-30-17-20/h1-19H. The molecule has 4 heterocycles. The normalized spacial score (nSPS) is 11.5. The molecular formula is C29H19N5. The topological polar surface area (TPSA) is 48.5 Å². The molecule has 3 aromatic carbocycles. The Kier molecular flexibility index (Phi) is 4.08. The van der Waals surface area contributed by atoms with E-state index in [4.69, 9.17) is 0 Å². The highest BCUT2D eigenvalue weighted by Gasteiger charge is 2.17. The Morgan fingerprint density at radius 3 is 2.21 bits per heavy atom. The van der Waals surface area contributed by atoms with Gasteiger partial charge in [0.05, 0.1) is 34.6 Å². The lowest BCUT2D eigenvalue weighted by Crippen LogP contribution is -1.98. The van der Waals surface area contributed by atoms with E-state index in [2.05, 4.69) is 97.0 Å². The Hall–Kier alpha value is -4.77. The molecule has 160 valence electrons. The van der Waals surface area contributed by atoms with Crippen LogP contribution in [0.1, 0.15) is 0 Å². The van der Waals surface area contributed by atoms with Crippen LogP contribution in [0.2, 0.25) is 0 Å². The second-order valence-corrected chi connectivity index (χ2v) is 8.27. The summed E-state index contributed by atoms with van der Waals surface area (Å²) in [4.78, 5) is 13.5. The van der Waals surface area contributed by atoms with Crippen LogP contribution in [0.25, 0.3) is 55.5 Å². The molecule has 0 atom stereocenters. The highest BCUT2D eigenvalue weighted by molar-refractivity contribution is 6.18. The molecule has 0 spiro atoms. The quantitative estimate of drug-likeness (QED) is 0.314. The van der Waals surface area contributed by atoms with Crippen LogP contribution in [0.5, 0.6) is 0 Å². The van der Waals surface area contributed by atoms with E-state index < -0.39 is 0 Å². The maximum atomic E-state index is 4.67. The highest BCUT2D eigenvalue weighted by Crippen LogP contribution is 2.37. The van der Waals surface area contributed by atoms with E-state index in [0.29, 0.717) is 5.82 Å². The number of hydrogen-bond donors (Lipinski definition) is 0. The molecule has 7 rings (SSSR count). The lowest BCUT2D eigenvalue weighted by molar-refractivity contribution is 1.08. The van der Waals surface area contributed by atoms with Crippen molar-refractivity contribution in [1.29, 1.82) is 0 Å². The lowest BCUT2D eigenvalue weighted by atomic mass is 10.1. The maximum absolute atomic E-state index is 4.67. The fourth-order valence-corrected chi connectivity index (χ4v) is 4.84. The first-order valence-electron chi connectivity index (χ1n) is 11.2. The van der Waals surface area contributed by atoms with Gasteiger partial charge >= 0.3 is 0 Å². The zero-order valence-corrected chi connectivity index (χ0v) is 18.2. The predicted molar refractivity (Wildman–Crippen MR) is 136 cm³/mol. The molecule has 5 nitrogen and oxygen atoms in total. The van der Waals surface area contributed by atoms with Gasteiger partial charge in [-0.2, -0.15) is 0 Å². The SMILES string of the molecule is c1ccc(-n2ccc3c2ccc2c4ccccc4n(-c4cnc(-c5cccnc5)nc4)c23)cc1. The molecule has 0 bridgehead atoms. The minimum Gasteiger partial charge on any atom is -0.316 e. The van der Waals surface area contributed by atoms with Gasteiger partial charge in [-0.3, -0.25) is 4.98 Å². The molecule has 0 radical (unpaired) electrons. The van der Waals surface area contributed by atoms with Crippen LogP contribution in [0.4, 0.5) is 0 Å². The number of pyridine rings is 1. The van der Waals surface area contributed by atoms with Gasteiger partial charge in [0.25, 0.3) is 0 Å². The van der Waals surface area contributed by atoms with E-state index in [1.807, 2.05) is 30.6 Å². The minimum atomic E-state index is 0.665. The number of aromatic nitrogens is 5. The first kappa shape index (κ1) is 18.8. The van der Waals surface area contributed by atoms with Crippen molar-refractivity contribution >= 4 is 32.7 Å². The monoisotopic (exact) mass is 437 g/mol. The fourth-order valence-electron chi connectivity index (χ4n) is 4.84. The Morgan fingerprint density at radius 1 is 0.559 bits per heavy atom. The molecule has 0 unspecified atom stereocenters. The molecule has 0 saturated carbocycles. The van der Waals surface area contributed by atoms with Crippen LogP contribution in [0.3, 0.4) is 0 Å². The van der Waals surface area contributed by atoms with Crippen LogP contribution in [-0.4, -0.2) is 24.1 Å². The minimum absolute atomic E-state index is 0.665. The van der Waals surface area contributed by atoms with Crippen molar-refractivity contribution in [3.05, 3.63) is 116 Å². The first-order valence-corrected chi connectivity index (χ1v) is 11.2. The average Bonchev–Trinajstić information content (AvgIpc) is 3.49. The third-order valence-electron chi connectivity index (χ3n) is 6.35. The number of fused-ring (bicyclic) bond motifs is 5. The Morgan fingerprint density at radius 2 is 1.38 bits per heavy atom. The van der Waals surface area contributed by atoms with Gasteiger partial charge in [-0.25, -0.2) is 9.97 Å². The number of benzene rings is 3. The van der Waals surface area contributed by atoms with Gasteiger partial charge in [0.2, 0.25) is 0 Å². The fraction of sp³-hybridized carbons (Fsp3) is 0. The van der Waals surface area contributed by atoms with Gasteiger partial charge < -0.3 is 9.13 Å². The van der Waals surface area contributed by atoms with Crippen molar-refractivity contribution in [1.82, 2.24) is 24.1 Å². The third-order valence-corrected chi connectivity index (χ3v) is 6.35. The molecule has 4 aromatic heterocycles. The van der Waals surface area contributed by atoms with E-state index in [-0.39, 0.29) is 0 Å². The van der Waals surface area contributed by atoms with Crippen LogP contribution < -0.4 is 0 Å². The summed E-state index contributed by atoms with van der Waals surface area (Å²) in [5.41, 5.74) is 6.43. The average molecular weight is 438 g/mol. The van der Waals surface area contributed by atoms with E-state index in [0.717, 1.165) is 33.5 Å². The predicted octanol–water partition coefficient (Wildman–Crippen LogP) is 6.58. The summed E-state index contributed by atoms with van der Waals surface area (Å²) in [5, 5.41) is 3.61. The molecular weight excluding hydrogens is 418 g/mol.